The molecule has 0 fully saturated rings. The minimum atomic E-state index is 0.642. The van der Waals surface area contributed by atoms with E-state index in [1.807, 2.05) is 54.7 Å². The first-order valence-electron chi connectivity index (χ1n) is 16.7. The Morgan fingerprint density at radius 2 is 0.880 bits per heavy atom. The van der Waals surface area contributed by atoms with Gasteiger partial charge in [0.15, 0.2) is 0 Å². The smallest absolute Gasteiger partial charge is 0.0991 e. The molecule has 0 radical (unpaired) electrons. The lowest BCUT2D eigenvalue weighted by molar-refractivity contribution is 1.33. The molecule has 0 aliphatic heterocycles. The number of benzene rings is 8. The maximum absolute atomic E-state index is 9.57. The summed E-state index contributed by atoms with van der Waals surface area (Å²) >= 11 is 0. The maximum Gasteiger partial charge on any atom is 0.0991 e. The van der Waals surface area contributed by atoms with Crippen LogP contribution < -0.4 is 0 Å². The molecule has 0 saturated heterocycles. The highest BCUT2D eigenvalue weighted by atomic mass is 14.7. The molecule has 0 saturated carbocycles. The average Bonchev–Trinajstić information content (AvgIpc) is 3.50. The van der Waals surface area contributed by atoms with Crippen molar-refractivity contribution in [1.82, 2.24) is 4.98 Å². The van der Waals surface area contributed by atoms with E-state index in [0.717, 1.165) is 44.3 Å². The molecule has 0 bridgehead atoms. The van der Waals surface area contributed by atoms with Gasteiger partial charge in [-0.05, 0) is 148 Å². The summed E-state index contributed by atoms with van der Waals surface area (Å²) in [6.45, 7) is 0. The molecular weight excluding hydrogens is 607 g/mol. The van der Waals surface area contributed by atoms with Crippen LogP contribution in [0.15, 0.2) is 152 Å². The normalized spacial score (nSPS) is 11.6. The van der Waals surface area contributed by atoms with Crippen LogP contribution in [-0.4, -0.2) is 4.98 Å². The van der Waals surface area contributed by atoms with Gasteiger partial charge in [-0.15, -0.1) is 0 Å². The fraction of sp³-hybridized carbons (Fsp3) is 0. The lowest BCUT2D eigenvalue weighted by Crippen LogP contribution is -1.91. The minimum Gasteiger partial charge on any atom is -0.256 e. The molecule has 0 atom stereocenters. The number of hydrogen-bond acceptors (Lipinski definition) is 3. The van der Waals surface area contributed by atoms with Gasteiger partial charge in [-0.1, -0.05) is 84.9 Å². The van der Waals surface area contributed by atoms with Gasteiger partial charge in [0.25, 0.3) is 0 Å². The van der Waals surface area contributed by atoms with Gasteiger partial charge in [0, 0.05) is 11.8 Å². The summed E-state index contributed by atoms with van der Waals surface area (Å²) in [7, 11) is 0. The van der Waals surface area contributed by atoms with Crippen molar-refractivity contribution in [3.8, 4) is 67.9 Å². The maximum atomic E-state index is 9.57. The molecule has 1 heterocycles. The van der Waals surface area contributed by atoms with Crippen molar-refractivity contribution in [2.45, 2.75) is 0 Å². The first-order chi connectivity index (χ1) is 24.7. The van der Waals surface area contributed by atoms with Crippen LogP contribution in [0.4, 0.5) is 0 Å². The Kier molecular flexibility index (Phi) is 6.00. The number of nitriles is 2. The van der Waals surface area contributed by atoms with Gasteiger partial charge in [-0.3, -0.25) is 4.98 Å². The van der Waals surface area contributed by atoms with Gasteiger partial charge in [0.2, 0.25) is 0 Å². The summed E-state index contributed by atoms with van der Waals surface area (Å²) in [6, 6.07) is 55.5. The predicted octanol–water partition coefficient (Wildman–Crippen LogP) is 12.1. The average molecular weight is 632 g/mol. The summed E-state index contributed by atoms with van der Waals surface area (Å²) in [5, 5.41) is 28.5. The lowest BCUT2D eigenvalue weighted by Gasteiger charge is -2.17. The van der Waals surface area contributed by atoms with E-state index >= 15 is 0 Å². The van der Waals surface area contributed by atoms with E-state index in [0.29, 0.717) is 11.1 Å². The number of rotatable bonds is 3. The molecule has 50 heavy (non-hydrogen) atoms. The van der Waals surface area contributed by atoms with Crippen LogP contribution in [0.2, 0.25) is 0 Å². The van der Waals surface area contributed by atoms with E-state index in [9.17, 15) is 10.5 Å². The van der Waals surface area contributed by atoms with Gasteiger partial charge >= 0.3 is 0 Å². The van der Waals surface area contributed by atoms with Crippen LogP contribution in [0.3, 0.4) is 0 Å². The zero-order valence-corrected chi connectivity index (χ0v) is 26.8. The fourth-order valence-electron chi connectivity index (χ4n) is 8.02. The molecular formula is C47H25N3. The number of fused-ring (bicyclic) bond motifs is 8. The number of pyridine rings is 1. The van der Waals surface area contributed by atoms with Crippen molar-refractivity contribution in [2.75, 3.05) is 0 Å². The largest absolute Gasteiger partial charge is 0.256 e. The highest BCUT2D eigenvalue weighted by Crippen LogP contribution is 2.52. The second-order valence-electron chi connectivity index (χ2n) is 12.9. The number of hydrogen-bond donors (Lipinski definition) is 0. The van der Waals surface area contributed by atoms with Crippen molar-refractivity contribution in [3.63, 3.8) is 0 Å². The monoisotopic (exact) mass is 631 g/mol. The van der Waals surface area contributed by atoms with Crippen molar-refractivity contribution in [2.24, 2.45) is 0 Å². The van der Waals surface area contributed by atoms with Gasteiger partial charge in [0.05, 0.1) is 29.0 Å². The van der Waals surface area contributed by atoms with Gasteiger partial charge in [-0.25, -0.2) is 0 Å². The van der Waals surface area contributed by atoms with E-state index in [1.54, 1.807) is 0 Å². The van der Waals surface area contributed by atoms with Crippen LogP contribution in [0.25, 0.3) is 98.9 Å². The van der Waals surface area contributed by atoms with Crippen molar-refractivity contribution in [1.29, 1.82) is 10.5 Å². The minimum absolute atomic E-state index is 0.642. The second kappa shape index (κ2) is 10.7. The van der Waals surface area contributed by atoms with Gasteiger partial charge in [-0.2, -0.15) is 10.5 Å². The Morgan fingerprint density at radius 1 is 0.360 bits per heavy atom. The summed E-state index contributed by atoms with van der Waals surface area (Å²) < 4.78 is 0. The Hall–Kier alpha value is -7.07. The second-order valence-corrected chi connectivity index (χ2v) is 12.9. The highest BCUT2D eigenvalue weighted by Gasteiger charge is 2.25. The van der Waals surface area contributed by atoms with Crippen molar-refractivity contribution >= 4 is 43.1 Å². The Labute approximate surface area is 288 Å². The van der Waals surface area contributed by atoms with E-state index in [-0.39, 0.29) is 0 Å². The van der Waals surface area contributed by atoms with Crippen molar-refractivity contribution in [3.05, 3.63) is 163 Å². The predicted molar refractivity (Wildman–Crippen MR) is 204 cm³/mol. The van der Waals surface area contributed by atoms with E-state index in [2.05, 4.69) is 109 Å². The van der Waals surface area contributed by atoms with Crippen LogP contribution in [-0.2, 0) is 0 Å². The van der Waals surface area contributed by atoms with Crippen molar-refractivity contribution < 1.29 is 0 Å². The molecule has 8 aromatic carbocycles. The third kappa shape index (κ3) is 4.05. The molecule has 1 aliphatic rings. The Bertz CT molecular complexity index is 2960. The standard InChI is InChI=1S/C47H25N3/c48-26-28-11-15-30(16-12-28)38-22-44-40(33-7-2-1-6-32(33)38)23-39(31-17-13-29(27-49)14-18-31)43-24-41-36-9-5-8-35-34(46-10-3-4-21-50-46)19-20-37(47(35)36)42(41)25-45(43)44/h1-25H. The van der Waals surface area contributed by atoms with E-state index in [4.69, 9.17) is 4.98 Å². The molecule has 228 valence electrons. The first kappa shape index (κ1) is 28.0. The third-order valence-electron chi connectivity index (χ3n) is 10.3. The summed E-state index contributed by atoms with van der Waals surface area (Å²) in [5.41, 5.74) is 12.7. The molecule has 3 heteroatoms. The van der Waals surface area contributed by atoms with E-state index < -0.39 is 0 Å². The molecule has 3 nitrogen and oxygen atoms in total. The quantitative estimate of drug-likeness (QED) is 0.182. The third-order valence-corrected chi connectivity index (χ3v) is 10.3. The summed E-state index contributed by atoms with van der Waals surface area (Å²) in [6.07, 6.45) is 1.85. The van der Waals surface area contributed by atoms with Crippen LogP contribution in [0, 0.1) is 22.7 Å². The van der Waals surface area contributed by atoms with Crippen LogP contribution in [0.1, 0.15) is 11.1 Å². The Balaban J connectivity index is 1.33. The lowest BCUT2D eigenvalue weighted by atomic mass is 9.86. The number of aromatic nitrogens is 1. The molecule has 0 unspecified atom stereocenters. The molecule has 0 spiro atoms. The molecule has 0 amide bonds. The molecule has 9 aromatic rings. The number of nitrogens with zero attached hydrogens (tertiary/aromatic N) is 3. The highest BCUT2D eigenvalue weighted by molar-refractivity contribution is 6.27. The zero-order chi connectivity index (χ0) is 33.3. The Morgan fingerprint density at radius 3 is 1.54 bits per heavy atom. The van der Waals surface area contributed by atoms with Crippen LogP contribution >= 0.6 is 0 Å². The summed E-state index contributed by atoms with van der Waals surface area (Å²) in [4.78, 5) is 4.70. The molecule has 10 rings (SSSR count). The topological polar surface area (TPSA) is 60.5 Å². The first-order valence-corrected chi connectivity index (χ1v) is 16.7. The summed E-state index contributed by atoms with van der Waals surface area (Å²) in [5.74, 6) is 0. The van der Waals surface area contributed by atoms with Gasteiger partial charge in [0.1, 0.15) is 0 Å². The zero-order valence-electron chi connectivity index (χ0n) is 26.8. The van der Waals surface area contributed by atoms with Gasteiger partial charge < -0.3 is 0 Å². The van der Waals surface area contributed by atoms with E-state index in [1.165, 1.54) is 54.6 Å². The SMILES string of the molecule is N#Cc1ccc(-c2cc3c4cc5c(cc4c(-c4ccc(C#N)cc4)cc3c3ccccc23)-c2cccc3c(-c4ccccn4)ccc-5c23)cc1. The molecule has 0 N–H and O–H groups in total. The fourth-order valence-corrected chi connectivity index (χ4v) is 8.02. The molecule has 1 aromatic heterocycles. The molecule has 1 aliphatic carbocycles. The van der Waals surface area contributed by atoms with Crippen LogP contribution in [0.5, 0.6) is 0 Å².